The average Bonchev–Trinajstić information content (AvgIpc) is 2.42. The van der Waals surface area contributed by atoms with E-state index in [4.69, 9.17) is 15.2 Å². The van der Waals surface area contributed by atoms with Crippen molar-refractivity contribution in [2.45, 2.75) is 59.3 Å². The van der Waals surface area contributed by atoms with Crippen LogP contribution < -0.4 is 5.73 Å². The molecule has 0 saturated heterocycles. The van der Waals surface area contributed by atoms with Gasteiger partial charge in [-0.3, -0.25) is 9.59 Å². The van der Waals surface area contributed by atoms with Crippen LogP contribution in [0.4, 0.5) is 0 Å². The van der Waals surface area contributed by atoms with Crippen LogP contribution in [0.25, 0.3) is 0 Å². The van der Waals surface area contributed by atoms with Gasteiger partial charge in [0.2, 0.25) is 0 Å². The van der Waals surface area contributed by atoms with Crippen molar-refractivity contribution < 1.29 is 19.1 Å². The molecule has 0 amide bonds. The summed E-state index contributed by atoms with van der Waals surface area (Å²) < 4.78 is 10.5. The van der Waals surface area contributed by atoms with Gasteiger partial charge in [0, 0.05) is 5.41 Å². The third-order valence-electron chi connectivity index (χ3n) is 3.34. The molecule has 0 aliphatic carbocycles. The maximum absolute atomic E-state index is 12.1. The van der Waals surface area contributed by atoms with Gasteiger partial charge < -0.3 is 15.2 Å². The fourth-order valence-corrected chi connectivity index (χ4v) is 2.00. The van der Waals surface area contributed by atoms with Gasteiger partial charge in [0.05, 0.1) is 6.42 Å². The molecule has 1 atom stereocenters. The SMILES string of the molecule is CC(C)(C)OC(=O)CC(C)(C)C(N)C(=O)OCc1ccccc1. The molecule has 1 aromatic rings. The molecule has 0 aliphatic rings. The maximum Gasteiger partial charge on any atom is 0.323 e. The molecule has 0 aliphatic heterocycles. The zero-order chi connectivity index (χ0) is 17.7. The van der Waals surface area contributed by atoms with E-state index in [2.05, 4.69) is 0 Å². The number of ether oxygens (including phenoxy) is 2. The zero-order valence-corrected chi connectivity index (χ0v) is 14.6. The highest BCUT2D eigenvalue weighted by molar-refractivity contribution is 5.78. The van der Waals surface area contributed by atoms with Gasteiger partial charge in [-0.2, -0.15) is 0 Å². The summed E-state index contributed by atoms with van der Waals surface area (Å²) >= 11 is 0. The van der Waals surface area contributed by atoms with Crippen molar-refractivity contribution in [3.63, 3.8) is 0 Å². The van der Waals surface area contributed by atoms with E-state index in [9.17, 15) is 9.59 Å². The van der Waals surface area contributed by atoms with Crippen molar-refractivity contribution in [1.29, 1.82) is 0 Å². The second kappa shape index (κ2) is 7.59. The molecule has 5 nitrogen and oxygen atoms in total. The number of hydrogen-bond acceptors (Lipinski definition) is 5. The quantitative estimate of drug-likeness (QED) is 0.815. The lowest BCUT2D eigenvalue weighted by molar-refractivity contribution is -0.159. The first-order valence-electron chi connectivity index (χ1n) is 7.69. The van der Waals surface area contributed by atoms with Crippen LogP contribution in [0.1, 0.15) is 46.6 Å². The third-order valence-corrected chi connectivity index (χ3v) is 3.34. The summed E-state index contributed by atoms with van der Waals surface area (Å²) in [6.07, 6.45) is 0.0475. The minimum atomic E-state index is -0.904. The highest BCUT2D eigenvalue weighted by Crippen LogP contribution is 2.27. The van der Waals surface area contributed by atoms with E-state index in [0.29, 0.717) is 0 Å². The Hall–Kier alpha value is -1.88. The number of carbonyl (C=O) groups is 2. The van der Waals surface area contributed by atoms with Crippen molar-refractivity contribution in [3.8, 4) is 0 Å². The monoisotopic (exact) mass is 321 g/mol. The Morgan fingerprint density at radius 1 is 1.09 bits per heavy atom. The fourth-order valence-electron chi connectivity index (χ4n) is 2.00. The molecule has 0 radical (unpaired) electrons. The Balaban J connectivity index is 2.57. The van der Waals surface area contributed by atoms with Crippen molar-refractivity contribution >= 4 is 11.9 Å². The summed E-state index contributed by atoms with van der Waals surface area (Å²) in [5.74, 6) is -0.906. The number of carbonyl (C=O) groups excluding carboxylic acids is 2. The minimum Gasteiger partial charge on any atom is -0.460 e. The summed E-state index contributed by atoms with van der Waals surface area (Å²) in [6, 6.07) is 8.46. The Kier molecular flexibility index (Phi) is 6.33. The molecule has 1 aromatic carbocycles. The molecule has 0 saturated carbocycles. The van der Waals surface area contributed by atoms with Crippen LogP contribution in [0.15, 0.2) is 30.3 Å². The molecule has 2 N–H and O–H groups in total. The number of benzene rings is 1. The Bertz CT molecular complexity index is 532. The van der Waals surface area contributed by atoms with E-state index in [1.54, 1.807) is 34.6 Å². The molecule has 1 unspecified atom stereocenters. The molecule has 0 fully saturated rings. The topological polar surface area (TPSA) is 78.6 Å². The summed E-state index contributed by atoms with van der Waals surface area (Å²) in [5, 5.41) is 0. The molecular weight excluding hydrogens is 294 g/mol. The van der Waals surface area contributed by atoms with E-state index in [-0.39, 0.29) is 19.0 Å². The van der Waals surface area contributed by atoms with E-state index in [0.717, 1.165) is 5.56 Å². The van der Waals surface area contributed by atoms with E-state index in [1.165, 1.54) is 0 Å². The molecule has 0 heterocycles. The lowest BCUT2D eigenvalue weighted by atomic mass is 9.81. The van der Waals surface area contributed by atoms with Crippen LogP contribution in [-0.2, 0) is 25.7 Å². The van der Waals surface area contributed by atoms with Crippen LogP contribution in [0.2, 0.25) is 0 Å². The lowest BCUT2D eigenvalue weighted by Crippen LogP contribution is -2.46. The van der Waals surface area contributed by atoms with Gasteiger partial charge in [-0.05, 0) is 26.3 Å². The van der Waals surface area contributed by atoms with Crippen molar-refractivity contribution in [3.05, 3.63) is 35.9 Å². The largest absolute Gasteiger partial charge is 0.460 e. The lowest BCUT2D eigenvalue weighted by Gasteiger charge is -2.30. The molecule has 0 spiro atoms. The van der Waals surface area contributed by atoms with Crippen LogP contribution in [0.3, 0.4) is 0 Å². The standard InChI is InChI=1S/C18H27NO4/c1-17(2,3)23-14(20)11-18(4,5)15(19)16(21)22-12-13-9-7-6-8-10-13/h6-10,15H,11-12,19H2,1-5H3. The average molecular weight is 321 g/mol. The second-order valence-corrected chi connectivity index (χ2v) is 7.32. The first-order chi connectivity index (χ1) is 10.5. The first kappa shape index (κ1) is 19.2. The van der Waals surface area contributed by atoms with Crippen LogP contribution in [-0.4, -0.2) is 23.6 Å². The van der Waals surface area contributed by atoms with Gasteiger partial charge in [0.1, 0.15) is 18.2 Å². The summed E-state index contributed by atoms with van der Waals surface area (Å²) in [4.78, 5) is 24.1. The normalized spacial score (nSPS) is 13.3. The van der Waals surface area contributed by atoms with Gasteiger partial charge in [0.25, 0.3) is 0 Å². The van der Waals surface area contributed by atoms with E-state index < -0.39 is 23.0 Å². The molecule has 23 heavy (non-hydrogen) atoms. The third kappa shape index (κ3) is 6.82. The van der Waals surface area contributed by atoms with Crippen LogP contribution in [0.5, 0.6) is 0 Å². The molecule has 0 bridgehead atoms. The fraction of sp³-hybridized carbons (Fsp3) is 0.556. The smallest absolute Gasteiger partial charge is 0.323 e. The number of nitrogens with two attached hydrogens (primary N) is 1. The zero-order valence-electron chi connectivity index (χ0n) is 14.6. The Morgan fingerprint density at radius 2 is 1.65 bits per heavy atom. The number of hydrogen-bond donors (Lipinski definition) is 1. The van der Waals surface area contributed by atoms with Gasteiger partial charge in [-0.25, -0.2) is 0 Å². The van der Waals surface area contributed by atoms with Gasteiger partial charge >= 0.3 is 11.9 Å². The Morgan fingerprint density at radius 3 is 2.17 bits per heavy atom. The van der Waals surface area contributed by atoms with Gasteiger partial charge in [-0.15, -0.1) is 0 Å². The highest BCUT2D eigenvalue weighted by Gasteiger charge is 2.36. The summed E-state index contributed by atoms with van der Waals surface area (Å²) in [5.41, 5.74) is 5.56. The molecular formula is C18H27NO4. The Labute approximate surface area is 138 Å². The van der Waals surface area contributed by atoms with Crippen molar-refractivity contribution in [2.24, 2.45) is 11.1 Å². The summed E-state index contributed by atoms with van der Waals surface area (Å²) in [6.45, 7) is 9.07. The predicted octanol–water partition coefficient (Wildman–Crippen LogP) is 2.82. The van der Waals surface area contributed by atoms with Crippen LogP contribution in [0, 0.1) is 5.41 Å². The maximum atomic E-state index is 12.1. The first-order valence-corrected chi connectivity index (χ1v) is 7.69. The van der Waals surface area contributed by atoms with E-state index >= 15 is 0 Å². The minimum absolute atomic E-state index is 0.0475. The molecule has 128 valence electrons. The van der Waals surface area contributed by atoms with Crippen LogP contribution >= 0.6 is 0 Å². The van der Waals surface area contributed by atoms with Crippen molar-refractivity contribution in [1.82, 2.24) is 0 Å². The van der Waals surface area contributed by atoms with Gasteiger partial charge in [0.15, 0.2) is 0 Å². The predicted molar refractivity (Wildman–Crippen MR) is 88.5 cm³/mol. The molecule has 5 heteroatoms. The number of rotatable bonds is 6. The number of esters is 2. The van der Waals surface area contributed by atoms with Gasteiger partial charge in [-0.1, -0.05) is 44.2 Å². The second-order valence-electron chi connectivity index (χ2n) is 7.32. The van der Waals surface area contributed by atoms with Crippen molar-refractivity contribution in [2.75, 3.05) is 0 Å². The highest BCUT2D eigenvalue weighted by atomic mass is 16.6. The molecule has 0 aromatic heterocycles. The molecule has 1 rings (SSSR count). The van der Waals surface area contributed by atoms with E-state index in [1.807, 2.05) is 30.3 Å². The summed E-state index contributed by atoms with van der Waals surface area (Å²) in [7, 11) is 0.